The van der Waals surface area contributed by atoms with Gasteiger partial charge in [0.05, 0.1) is 27.8 Å². The molecule has 182 valence electrons. The van der Waals surface area contributed by atoms with Crippen molar-refractivity contribution in [1.29, 1.82) is 10.5 Å². The molecule has 1 atom stereocenters. The van der Waals surface area contributed by atoms with E-state index >= 15 is 0 Å². The molecule has 0 radical (unpaired) electrons. The highest BCUT2D eigenvalue weighted by molar-refractivity contribution is 7.07. The molecule has 6 rings (SSSR count). The van der Waals surface area contributed by atoms with Crippen LogP contribution in [0.2, 0.25) is 0 Å². The van der Waals surface area contributed by atoms with Crippen LogP contribution >= 0.6 is 11.3 Å². The number of pyridine rings is 2. The molecular weight excluding hydrogens is 500 g/mol. The van der Waals surface area contributed by atoms with Gasteiger partial charge in [-0.15, -0.1) is 11.3 Å². The Kier molecular flexibility index (Phi) is 5.19. The van der Waals surface area contributed by atoms with E-state index in [0.29, 0.717) is 31.2 Å². The number of fused-ring (bicyclic) bond motifs is 4. The number of benzene rings is 2. The van der Waals surface area contributed by atoms with Gasteiger partial charge in [-0.1, -0.05) is 42.5 Å². The number of thiazole rings is 1. The summed E-state index contributed by atoms with van der Waals surface area (Å²) in [6, 6.07) is 19.9. The summed E-state index contributed by atoms with van der Waals surface area (Å²) in [5.41, 5.74) is 7.18. The molecule has 5 aromatic rings. The molecule has 0 bridgehead atoms. The smallest absolute Gasteiger partial charge is 0.274 e. The Hall–Kier alpha value is -5.45. The number of H-pyrrole nitrogens is 1. The molecule has 38 heavy (non-hydrogen) atoms. The topological polar surface area (TPSA) is 162 Å². The van der Waals surface area contributed by atoms with E-state index in [4.69, 9.17) is 5.73 Å². The normalized spacial score (nSPS) is 14.5. The number of nitriles is 2. The van der Waals surface area contributed by atoms with Crippen LogP contribution in [0.1, 0.15) is 28.2 Å². The van der Waals surface area contributed by atoms with Crippen molar-refractivity contribution in [3.8, 4) is 23.7 Å². The molecule has 1 aliphatic heterocycles. The third kappa shape index (κ3) is 3.25. The fourth-order valence-corrected chi connectivity index (χ4v) is 5.98. The Morgan fingerprint density at radius 1 is 1.08 bits per heavy atom. The molecule has 3 aromatic heterocycles. The van der Waals surface area contributed by atoms with Crippen LogP contribution in [-0.2, 0) is 0 Å². The highest BCUT2D eigenvalue weighted by Gasteiger charge is 2.34. The van der Waals surface area contributed by atoms with Crippen LogP contribution in [0.3, 0.4) is 0 Å². The SMILES string of the molecule is N#CC1=c2s/c(=C/c3ccc(O)c4ncccc34)c(=O)n2-c2[nH]c(=O)c(C#N)c(N)c2C1c1ccccc1. The number of hydrogen-bond donors (Lipinski definition) is 3. The second-order valence-corrected chi connectivity index (χ2v) is 9.65. The van der Waals surface area contributed by atoms with E-state index < -0.39 is 17.0 Å². The number of aromatic amines is 1. The maximum atomic E-state index is 13.8. The minimum atomic E-state index is -0.721. The number of nitrogens with two attached hydrogens (primary N) is 1. The molecule has 1 aliphatic rings. The van der Waals surface area contributed by atoms with Crippen LogP contribution < -0.4 is 26.0 Å². The van der Waals surface area contributed by atoms with Crippen LogP contribution in [0.5, 0.6) is 5.75 Å². The lowest BCUT2D eigenvalue weighted by Crippen LogP contribution is -2.38. The quantitative estimate of drug-likeness (QED) is 0.323. The minimum absolute atomic E-state index is 0.0148. The molecule has 4 N–H and O–H groups in total. The zero-order valence-corrected chi connectivity index (χ0v) is 20.3. The maximum Gasteiger partial charge on any atom is 0.274 e. The van der Waals surface area contributed by atoms with Gasteiger partial charge in [0.1, 0.15) is 33.4 Å². The van der Waals surface area contributed by atoms with Gasteiger partial charge in [0, 0.05) is 17.1 Å². The van der Waals surface area contributed by atoms with Crippen LogP contribution in [0.4, 0.5) is 5.69 Å². The molecular formula is C28H16N6O3S. The molecule has 0 spiro atoms. The van der Waals surface area contributed by atoms with Gasteiger partial charge in [-0.25, -0.2) is 0 Å². The zero-order chi connectivity index (χ0) is 26.6. The highest BCUT2D eigenvalue weighted by atomic mass is 32.1. The predicted octanol–water partition coefficient (Wildman–Crippen LogP) is 1.94. The summed E-state index contributed by atoms with van der Waals surface area (Å²) in [7, 11) is 0. The molecule has 0 saturated carbocycles. The third-order valence-electron chi connectivity index (χ3n) is 6.56. The lowest BCUT2D eigenvalue weighted by atomic mass is 9.83. The van der Waals surface area contributed by atoms with E-state index in [0.717, 1.165) is 16.9 Å². The second kappa shape index (κ2) is 8.59. The van der Waals surface area contributed by atoms with Crippen LogP contribution in [-0.4, -0.2) is 19.6 Å². The summed E-state index contributed by atoms with van der Waals surface area (Å²) in [4.78, 5) is 33.4. The molecule has 1 unspecified atom stereocenters. The van der Waals surface area contributed by atoms with Crippen LogP contribution in [0, 0.1) is 22.7 Å². The van der Waals surface area contributed by atoms with Gasteiger partial charge in [-0.3, -0.25) is 19.1 Å². The first-order valence-corrected chi connectivity index (χ1v) is 12.2. The fourth-order valence-electron chi connectivity index (χ4n) is 4.87. The molecule has 2 aromatic carbocycles. The molecule has 0 saturated heterocycles. The summed E-state index contributed by atoms with van der Waals surface area (Å²) in [5.74, 6) is -0.557. The van der Waals surface area contributed by atoms with E-state index in [1.165, 1.54) is 10.6 Å². The summed E-state index contributed by atoms with van der Waals surface area (Å²) in [5, 5.41) is 30.8. The zero-order valence-electron chi connectivity index (χ0n) is 19.5. The lowest BCUT2D eigenvalue weighted by Gasteiger charge is -2.26. The monoisotopic (exact) mass is 516 g/mol. The first-order chi connectivity index (χ1) is 18.4. The second-order valence-electron chi connectivity index (χ2n) is 8.62. The number of aromatic nitrogens is 3. The van der Waals surface area contributed by atoms with Gasteiger partial charge in [0.25, 0.3) is 11.1 Å². The number of phenols is 1. The molecule has 0 aliphatic carbocycles. The van der Waals surface area contributed by atoms with Crippen molar-refractivity contribution < 1.29 is 5.11 Å². The number of nitrogens with one attached hydrogen (secondary N) is 1. The van der Waals surface area contributed by atoms with Crippen molar-refractivity contribution in [1.82, 2.24) is 14.5 Å². The number of rotatable bonds is 2. The number of hydrogen-bond acceptors (Lipinski definition) is 8. The number of anilines is 1. The van der Waals surface area contributed by atoms with Crippen LogP contribution in [0.15, 0.2) is 70.4 Å². The number of phenolic OH excluding ortho intramolecular Hbond substituents is 1. The van der Waals surface area contributed by atoms with Gasteiger partial charge in [-0.05, 0) is 29.3 Å². The molecule has 0 amide bonds. The summed E-state index contributed by atoms with van der Waals surface area (Å²) in [6.45, 7) is 0. The van der Waals surface area contributed by atoms with Crippen molar-refractivity contribution in [2.24, 2.45) is 0 Å². The molecule has 0 fully saturated rings. The van der Waals surface area contributed by atoms with Crippen molar-refractivity contribution in [2.45, 2.75) is 5.92 Å². The number of nitrogen functional groups attached to an aromatic ring is 1. The van der Waals surface area contributed by atoms with Gasteiger partial charge in [0.2, 0.25) is 0 Å². The average molecular weight is 517 g/mol. The van der Waals surface area contributed by atoms with Gasteiger partial charge in [-0.2, -0.15) is 10.5 Å². The van der Waals surface area contributed by atoms with E-state index in [-0.39, 0.29) is 28.4 Å². The third-order valence-corrected chi connectivity index (χ3v) is 7.67. The lowest BCUT2D eigenvalue weighted by molar-refractivity contribution is 0.480. The predicted molar refractivity (Wildman–Crippen MR) is 143 cm³/mol. The van der Waals surface area contributed by atoms with Crippen molar-refractivity contribution in [3.63, 3.8) is 0 Å². The Morgan fingerprint density at radius 3 is 2.61 bits per heavy atom. The Balaban J connectivity index is 1.76. The first kappa shape index (κ1) is 23.0. The van der Waals surface area contributed by atoms with Crippen molar-refractivity contribution in [2.75, 3.05) is 5.73 Å². The standard InChI is InChI=1S/C28H16N6O3S/c29-12-17-21(14-5-2-1-3-6-14)22-23(31)18(13-30)26(36)33-25(22)34-27(37)20(38-28(17)34)11-15-8-9-19(35)24-16(15)7-4-10-32-24/h1-11,21,35H,(H3,31,33,36)/b20-11+. The molecule has 10 heteroatoms. The van der Waals surface area contributed by atoms with Gasteiger partial charge < -0.3 is 15.8 Å². The summed E-state index contributed by atoms with van der Waals surface area (Å²) < 4.78 is 1.93. The van der Waals surface area contributed by atoms with E-state index in [2.05, 4.69) is 16.0 Å². The molecule has 9 nitrogen and oxygen atoms in total. The number of nitrogens with zero attached hydrogens (tertiary/aromatic N) is 4. The average Bonchev–Trinajstić information content (AvgIpc) is 3.26. The first-order valence-electron chi connectivity index (χ1n) is 11.4. The Bertz CT molecular complexity index is 2130. The van der Waals surface area contributed by atoms with Crippen LogP contribution in [0.25, 0.3) is 28.4 Å². The van der Waals surface area contributed by atoms with Crippen molar-refractivity contribution >= 4 is 39.6 Å². The molecule has 4 heterocycles. The van der Waals surface area contributed by atoms with E-state index in [1.54, 1.807) is 30.5 Å². The van der Waals surface area contributed by atoms with Crippen molar-refractivity contribution in [3.05, 3.63) is 113 Å². The number of aromatic hydroxyl groups is 1. The minimum Gasteiger partial charge on any atom is -0.506 e. The fraction of sp³-hybridized carbons (Fsp3) is 0.0357. The summed E-state index contributed by atoms with van der Waals surface area (Å²) >= 11 is 1.11. The van der Waals surface area contributed by atoms with Gasteiger partial charge in [0.15, 0.2) is 0 Å². The van der Waals surface area contributed by atoms with Gasteiger partial charge >= 0.3 is 0 Å². The van der Waals surface area contributed by atoms with E-state index in [1.807, 2.05) is 36.4 Å². The summed E-state index contributed by atoms with van der Waals surface area (Å²) in [6.07, 6.45) is 3.23. The maximum absolute atomic E-state index is 13.8. The largest absolute Gasteiger partial charge is 0.506 e. The highest BCUT2D eigenvalue weighted by Crippen LogP contribution is 2.40. The van der Waals surface area contributed by atoms with E-state index in [9.17, 15) is 25.2 Å². The Labute approximate surface area is 217 Å². The Morgan fingerprint density at radius 2 is 1.87 bits per heavy atom.